The second kappa shape index (κ2) is 7.95. The summed E-state index contributed by atoms with van der Waals surface area (Å²) in [7, 11) is 0. The van der Waals surface area contributed by atoms with Gasteiger partial charge in [-0.15, -0.1) is 0 Å². The summed E-state index contributed by atoms with van der Waals surface area (Å²) in [5, 5.41) is 6.96. The van der Waals surface area contributed by atoms with Gasteiger partial charge in [0.05, 0.1) is 6.61 Å². The molecule has 0 aliphatic carbocycles. The summed E-state index contributed by atoms with van der Waals surface area (Å²) in [6, 6.07) is 8.29. The molecule has 1 unspecified atom stereocenters. The number of hydrogen-bond acceptors (Lipinski definition) is 4. The molecule has 0 spiro atoms. The molecule has 1 atom stereocenters. The lowest BCUT2D eigenvalue weighted by atomic mass is 10.2. The third-order valence-corrected chi connectivity index (χ3v) is 4.06. The van der Waals surface area contributed by atoms with E-state index in [-0.39, 0.29) is 6.10 Å². The number of hydrogen-bond donors (Lipinski definition) is 2. The highest BCUT2D eigenvalue weighted by Gasteiger charge is 2.32. The van der Waals surface area contributed by atoms with E-state index in [1.807, 2.05) is 26.0 Å². The van der Waals surface area contributed by atoms with Gasteiger partial charge in [-0.25, -0.2) is 0 Å². The predicted molar refractivity (Wildman–Crippen MR) is 99.1 cm³/mol. The van der Waals surface area contributed by atoms with Gasteiger partial charge in [-0.2, -0.15) is 0 Å². The first kappa shape index (κ1) is 18.0. The fraction of sp³-hybridized carbons (Fsp3) is 0.588. The van der Waals surface area contributed by atoms with E-state index in [0.717, 1.165) is 18.8 Å². The Morgan fingerprint density at radius 3 is 2.43 bits per heavy atom. The highest BCUT2D eigenvalue weighted by Crippen LogP contribution is 2.21. The Morgan fingerprint density at radius 1 is 1.26 bits per heavy atom. The Labute approximate surface area is 144 Å². The quantitative estimate of drug-likeness (QED) is 0.778. The van der Waals surface area contributed by atoms with E-state index in [1.54, 1.807) is 0 Å². The maximum absolute atomic E-state index is 5.74. The van der Waals surface area contributed by atoms with Gasteiger partial charge >= 0.3 is 0 Å². The Balaban J connectivity index is 1.79. The van der Waals surface area contributed by atoms with Gasteiger partial charge in [0, 0.05) is 31.0 Å². The second-order valence-electron chi connectivity index (χ2n) is 6.00. The summed E-state index contributed by atoms with van der Waals surface area (Å²) in [4.78, 5) is 2.31. The number of ether oxygens (including phenoxy) is 2. The SMILES string of the molecule is CCN(CC)c1ccc(NC(=S)NCC2COC(C)(C)O2)cc1. The Morgan fingerprint density at radius 2 is 1.91 bits per heavy atom. The van der Waals surface area contributed by atoms with Crippen molar-refractivity contribution in [2.75, 3.05) is 36.5 Å². The summed E-state index contributed by atoms with van der Waals surface area (Å²) in [5.41, 5.74) is 2.19. The van der Waals surface area contributed by atoms with Crippen molar-refractivity contribution >= 4 is 28.7 Å². The van der Waals surface area contributed by atoms with Crippen LogP contribution < -0.4 is 15.5 Å². The normalized spacial score (nSPS) is 19.4. The zero-order valence-electron chi connectivity index (χ0n) is 14.4. The molecule has 1 aromatic rings. The molecular formula is C17H27N3O2S. The zero-order valence-corrected chi connectivity index (χ0v) is 15.2. The molecule has 1 aliphatic heterocycles. The van der Waals surface area contributed by atoms with Crippen LogP contribution in [0.25, 0.3) is 0 Å². The van der Waals surface area contributed by atoms with Gasteiger partial charge in [0.1, 0.15) is 6.10 Å². The first-order valence-corrected chi connectivity index (χ1v) is 8.56. The molecule has 2 rings (SSSR count). The molecule has 1 aliphatic rings. The van der Waals surface area contributed by atoms with Gasteiger partial charge in [0.2, 0.25) is 0 Å². The van der Waals surface area contributed by atoms with Crippen LogP contribution in [0.15, 0.2) is 24.3 Å². The highest BCUT2D eigenvalue weighted by atomic mass is 32.1. The van der Waals surface area contributed by atoms with E-state index in [4.69, 9.17) is 21.7 Å². The predicted octanol–water partition coefficient (Wildman–Crippen LogP) is 2.97. The fourth-order valence-electron chi connectivity index (χ4n) is 2.59. The summed E-state index contributed by atoms with van der Waals surface area (Å²) in [5.74, 6) is -0.498. The fourth-order valence-corrected chi connectivity index (χ4v) is 2.79. The van der Waals surface area contributed by atoms with Crippen molar-refractivity contribution in [3.8, 4) is 0 Å². The molecule has 23 heavy (non-hydrogen) atoms. The monoisotopic (exact) mass is 337 g/mol. The molecule has 0 bridgehead atoms. The van der Waals surface area contributed by atoms with Crippen molar-refractivity contribution < 1.29 is 9.47 Å². The highest BCUT2D eigenvalue weighted by molar-refractivity contribution is 7.80. The van der Waals surface area contributed by atoms with Gasteiger partial charge in [-0.1, -0.05) is 0 Å². The van der Waals surface area contributed by atoms with Crippen LogP contribution in [0.2, 0.25) is 0 Å². The van der Waals surface area contributed by atoms with Crippen LogP contribution in [0.4, 0.5) is 11.4 Å². The van der Waals surface area contributed by atoms with E-state index < -0.39 is 5.79 Å². The molecule has 0 aromatic heterocycles. The molecule has 5 nitrogen and oxygen atoms in total. The number of thiocarbonyl (C=S) groups is 1. The van der Waals surface area contributed by atoms with Gasteiger partial charge in [-0.05, 0) is 64.2 Å². The lowest BCUT2D eigenvalue weighted by molar-refractivity contribution is -0.137. The average Bonchev–Trinajstić information content (AvgIpc) is 2.87. The van der Waals surface area contributed by atoms with Crippen LogP contribution in [0.1, 0.15) is 27.7 Å². The van der Waals surface area contributed by atoms with Gasteiger partial charge < -0.3 is 25.0 Å². The minimum absolute atomic E-state index is 0.0230. The lowest BCUT2D eigenvalue weighted by Crippen LogP contribution is -2.36. The number of anilines is 2. The van der Waals surface area contributed by atoms with E-state index in [2.05, 4.69) is 41.5 Å². The molecule has 1 fully saturated rings. The first-order valence-electron chi connectivity index (χ1n) is 8.15. The van der Waals surface area contributed by atoms with Crippen LogP contribution in [-0.4, -0.2) is 43.2 Å². The maximum Gasteiger partial charge on any atom is 0.170 e. The third-order valence-electron chi connectivity index (χ3n) is 3.81. The van der Waals surface area contributed by atoms with Crippen LogP contribution in [0.3, 0.4) is 0 Å². The van der Waals surface area contributed by atoms with Crippen molar-refractivity contribution in [3.05, 3.63) is 24.3 Å². The standard InChI is InChI=1S/C17H27N3O2S/c1-5-20(6-2)14-9-7-13(8-10-14)19-16(23)18-11-15-12-21-17(3,4)22-15/h7-10,15H,5-6,11-12H2,1-4H3,(H2,18,19,23). The van der Waals surface area contributed by atoms with Crippen LogP contribution in [0, 0.1) is 0 Å². The molecule has 128 valence electrons. The molecule has 2 N–H and O–H groups in total. The van der Waals surface area contributed by atoms with Crippen LogP contribution >= 0.6 is 12.2 Å². The first-order chi connectivity index (χ1) is 10.9. The largest absolute Gasteiger partial charge is 0.372 e. The number of benzene rings is 1. The number of rotatable bonds is 6. The summed E-state index contributed by atoms with van der Waals surface area (Å²) >= 11 is 5.33. The van der Waals surface area contributed by atoms with E-state index in [9.17, 15) is 0 Å². The van der Waals surface area contributed by atoms with Crippen LogP contribution in [-0.2, 0) is 9.47 Å². The summed E-state index contributed by atoms with van der Waals surface area (Å²) in [6.45, 7) is 11.4. The lowest BCUT2D eigenvalue weighted by Gasteiger charge is -2.21. The smallest absolute Gasteiger partial charge is 0.170 e. The Hall–Kier alpha value is -1.37. The third kappa shape index (κ3) is 5.34. The molecular weight excluding hydrogens is 310 g/mol. The molecule has 1 saturated heterocycles. The minimum atomic E-state index is -0.498. The molecule has 1 aromatic carbocycles. The molecule has 0 amide bonds. The topological polar surface area (TPSA) is 45.8 Å². The Bertz CT molecular complexity index is 515. The van der Waals surface area contributed by atoms with Crippen LogP contribution in [0.5, 0.6) is 0 Å². The van der Waals surface area contributed by atoms with E-state index in [0.29, 0.717) is 18.3 Å². The van der Waals surface area contributed by atoms with Crippen molar-refractivity contribution in [1.82, 2.24) is 5.32 Å². The summed E-state index contributed by atoms with van der Waals surface area (Å²) in [6.07, 6.45) is 0.0230. The van der Waals surface area contributed by atoms with Crippen molar-refractivity contribution in [2.45, 2.75) is 39.6 Å². The van der Waals surface area contributed by atoms with Gasteiger partial charge in [0.25, 0.3) is 0 Å². The second-order valence-corrected chi connectivity index (χ2v) is 6.41. The molecule has 0 radical (unpaired) electrons. The average molecular weight is 337 g/mol. The van der Waals surface area contributed by atoms with E-state index in [1.165, 1.54) is 5.69 Å². The Kier molecular flexibility index (Phi) is 6.21. The van der Waals surface area contributed by atoms with Crippen molar-refractivity contribution in [1.29, 1.82) is 0 Å². The van der Waals surface area contributed by atoms with Crippen molar-refractivity contribution in [3.63, 3.8) is 0 Å². The van der Waals surface area contributed by atoms with Crippen molar-refractivity contribution in [2.24, 2.45) is 0 Å². The zero-order chi connectivity index (χ0) is 16.9. The van der Waals surface area contributed by atoms with Gasteiger partial charge in [-0.3, -0.25) is 0 Å². The summed E-state index contributed by atoms with van der Waals surface area (Å²) < 4.78 is 11.3. The molecule has 6 heteroatoms. The maximum atomic E-state index is 5.74. The minimum Gasteiger partial charge on any atom is -0.372 e. The van der Waals surface area contributed by atoms with Gasteiger partial charge in [0.15, 0.2) is 10.9 Å². The molecule has 0 saturated carbocycles. The van der Waals surface area contributed by atoms with E-state index >= 15 is 0 Å². The number of nitrogens with one attached hydrogen (secondary N) is 2. The number of nitrogens with zero attached hydrogens (tertiary/aromatic N) is 1. The molecule has 1 heterocycles.